The number of benzene rings is 1. The first kappa shape index (κ1) is 22.4. The predicted octanol–water partition coefficient (Wildman–Crippen LogP) is 4.36. The van der Waals surface area contributed by atoms with Crippen LogP contribution < -0.4 is 10.2 Å². The summed E-state index contributed by atoms with van der Waals surface area (Å²) in [6.45, 7) is 2.54. The average Bonchev–Trinajstić information content (AvgIpc) is 3.25. The van der Waals surface area contributed by atoms with Gasteiger partial charge in [0.15, 0.2) is 0 Å². The van der Waals surface area contributed by atoms with Crippen molar-refractivity contribution in [1.82, 2.24) is 14.7 Å². The highest BCUT2D eigenvalue weighted by Crippen LogP contribution is 2.33. The second-order valence-electron chi connectivity index (χ2n) is 7.14. The molecule has 1 fully saturated rings. The minimum absolute atomic E-state index is 0.125. The van der Waals surface area contributed by atoms with Gasteiger partial charge in [-0.05, 0) is 50.1 Å². The van der Waals surface area contributed by atoms with Crippen molar-refractivity contribution in [2.75, 3.05) is 37.0 Å². The van der Waals surface area contributed by atoms with Crippen molar-refractivity contribution in [3.8, 4) is 0 Å². The summed E-state index contributed by atoms with van der Waals surface area (Å²) >= 11 is 0. The Labute approximate surface area is 177 Å². The Bertz CT molecular complexity index is 914. The maximum absolute atomic E-state index is 13.2. The molecule has 0 spiro atoms. The van der Waals surface area contributed by atoms with Gasteiger partial charge in [-0.15, -0.1) is 0 Å². The molecule has 1 saturated heterocycles. The molecule has 3 rings (SSSR count). The van der Waals surface area contributed by atoms with Crippen LogP contribution in [0.4, 0.5) is 34.1 Å². The molecule has 2 aromatic rings. The maximum Gasteiger partial charge on any atom is 0.433 e. The second kappa shape index (κ2) is 9.27. The number of aromatic nitrogens is 2. The number of carbonyl (C=O) groups excluding carboxylic acids is 2. The molecule has 8 nitrogen and oxygen atoms in total. The van der Waals surface area contributed by atoms with E-state index in [2.05, 4.69) is 10.4 Å². The number of rotatable bonds is 4. The molecule has 11 heteroatoms. The molecular weight excluding hydrogens is 415 g/mol. The van der Waals surface area contributed by atoms with E-state index in [9.17, 15) is 22.8 Å². The minimum Gasteiger partial charge on any atom is -0.449 e. The molecule has 2 heterocycles. The molecule has 1 aliphatic rings. The molecule has 3 amide bonds. The lowest BCUT2D eigenvalue weighted by atomic mass is 10.1. The van der Waals surface area contributed by atoms with E-state index in [4.69, 9.17) is 4.74 Å². The number of alkyl halides is 3. The van der Waals surface area contributed by atoms with Crippen LogP contribution in [-0.2, 0) is 10.9 Å². The first-order valence-corrected chi connectivity index (χ1v) is 9.88. The highest BCUT2D eigenvalue weighted by Gasteiger charge is 2.37. The van der Waals surface area contributed by atoms with Crippen LogP contribution in [0.15, 0.2) is 36.5 Å². The predicted molar refractivity (Wildman–Crippen MR) is 108 cm³/mol. The summed E-state index contributed by atoms with van der Waals surface area (Å²) in [5.41, 5.74) is 0.275. The number of likely N-dealkylation sites (tertiary alicyclic amines) is 1. The van der Waals surface area contributed by atoms with Gasteiger partial charge in [-0.2, -0.15) is 18.3 Å². The van der Waals surface area contributed by atoms with Crippen LogP contribution in [0.3, 0.4) is 0 Å². The molecule has 1 aliphatic heterocycles. The fraction of sp³-hybridized carbons (Fsp3) is 0.450. The number of nitrogens with one attached hydrogen (secondary N) is 1. The molecule has 1 N–H and O–H groups in total. The summed E-state index contributed by atoms with van der Waals surface area (Å²) in [6, 6.07) is 6.58. The Balaban J connectivity index is 1.63. The number of carbonyl (C=O) groups is 2. The quantitative estimate of drug-likeness (QED) is 0.768. The topological polar surface area (TPSA) is 79.7 Å². The van der Waals surface area contributed by atoms with E-state index in [0.717, 1.165) is 16.9 Å². The molecule has 1 aromatic carbocycles. The molecule has 0 saturated carbocycles. The largest absolute Gasteiger partial charge is 0.449 e. The van der Waals surface area contributed by atoms with Crippen LogP contribution in [0.25, 0.3) is 0 Å². The van der Waals surface area contributed by atoms with Gasteiger partial charge in [-0.3, -0.25) is 9.58 Å². The van der Waals surface area contributed by atoms with Gasteiger partial charge in [0.1, 0.15) is 5.69 Å². The molecular formula is C20H24F3N5O3. The van der Waals surface area contributed by atoms with Gasteiger partial charge in [0.25, 0.3) is 0 Å². The second-order valence-corrected chi connectivity index (χ2v) is 7.14. The van der Waals surface area contributed by atoms with Crippen LogP contribution in [-0.4, -0.2) is 53.5 Å². The van der Waals surface area contributed by atoms with E-state index in [0.29, 0.717) is 30.8 Å². The van der Waals surface area contributed by atoms with Crippen molar-refractivity contribution < 1.29 is 27.5 Å². The third-order valence-electron chi connectivity index (χ3n) is 5.04. The third kappa shape index (κ3) is 5.28. The minimum atomic E-state index is -4.50. The van der Waals surface area contributed by atoms with E-state index in [1.54, 1.807) is 38.2 Å². The zero-order chi connectivity index (χ0) is 22.6. The van der Waals surface area contributed by atoms with Crippen molar-refractivity contribution in [3.63, 3.8) is 0 Å². The van der Waals surface area contributed by atoms with E-state index in [1.807, 2.05) is 0 Å². The Hall–Kier alpha value is -3.24. The first-order chi connectivity index (χ1) is 14.7. The number of urea groups is 1. The SMILES string of the molecule is CCOC(=O)N(C)c1ccc(NC(=O)N2CCC[C@@H](n3nccc3C(F)(F)F)C2)cc1. The Morgan fingerprint density at radius 1 is 1.26 bits per heavy atom. The van der Waals surface area contributed by atoms with Crippen LogP contribution in [0.2, 0.25) is 0 Å². The number of amides is 3. The van der Waals surface area contributed by atoms with Gasteiger partial charge >= 0.3 is 18.3 Å². The van der Waals surface area contributed by atoms with Gasteiger partial charge in [0.05, 0.1) is 12.6 Å². The highest BCUT2D eigenvalue weighted by molar-refractivity contribution is 5.91. The van der Waals surface area contributed by atoms with E-state index < -0.39 is 30.0 Å². The summed E-state index contributed by atoms with van der Waals surface area (Å²) in [7, 11) is 1.57. The average molecular weight is 439 g/mol. The van der Waals surface area contributed by atoms with E-state index >= 15 is 0 Å². The smallest absolute Gasteiger partial charge is 0.433 e. The standard InChI is InChI=1S/C20H24F3N5O3/c1-3-31-19(30)26(2)15-8-6-14(7-9-15)25-18(29)27-12-4-5-16(13-27)28-17(10-11-24-28)20(21,22)23/h6-11,16H,3-5,12-13H2,1-2H3,(H,25,29)/t16-/m1/s1. The fourth-order valence-electron chi connectivity index (χ4n) is 3.47. The Morgan fingerprint density at radius 3 is 2.61 bits per heavy atom. The monoisotopic (exact) mass is 439 g/mol. The van der Waals surface area contributed by atoms with Gasteiger partial charge < -0.3 is 15.0 Å². The summed E-state index contributed by atoms with van der Waals surface area (Å²) in [6.07, 6.45) is -2.80. The van der Waals surface area contributed by atoms with E-state index in [-0.39, 0.29) is 13.2 Å². The lowest BCUT2D eigenvalue weighted by molar-refractivity contribution is -0.145. The maximum atomic E-state index is 13.2. The summed E-state index contributed by atoms with van der Waals surface area (Å²) in [5, 5.41) is 6.58. The van der Waals surface area contributed by atoms with Crippen molar-refractivity contribution in [3.05, 3.63) is 42.2 Å². The molecule has 0 radical (unpaired) electrons. The first-order valence-electron chi connectivity index (χ1n) is 9.88. The Morgan fingerprint density at radius 2 is 1.97 bits per heavy atom. The highest BCUT2D eigenvalue weighted by atomic mass is 19.4. The van der Waals surface area contributed by atoms with Crippen LogP contribution in [0.1, 0.15) is 31.5 Å². The molecule has 31 heavy (non-hydrogen) atoms. The summed E-state index contributed by atoms with van der Waals surface area (Å²) in [5.74, 6) is 0. The number of nitrogens with zero attached hydrogens (tertiary/aromatic N) is 4. The third-order valence-corrected chi connectivity index (χ3v) is 5.04. The summed E-state index contributed by atoms with van der Waals surface area (Å²) in [4.78, 5) is 27.3. The number of ether oxygens (including phenoxy) is 1. The number of halogens is 3. The van der Waals surface area contributed by atoms with Crippen molar-refractivity contribution in [2.24, 2.45) is 0 Å². The normalized spacial score (nSPS) is 16.7. The number of piperidine rings is 1. The zero-order valence-corrected chi connectivity index (χ0v) is 17.2. The number of hydrogen-bond donors (Lipinski definition) is 1. The molecule has 0 aliphatic carbocycles. The molecule has 0 bridgehead atoms. The van der Waals surface area contributed by atoms with Crippen molar-refractivity contribution in [1.29, 1.82) is 0 Å². The van der Waals surface area contributed by atoms with Crippen LogP contribution >= 0.6 is 0 Å². The lowest BCUT2D eigenvalue weighted by Crippen LogP contribution is -2.43. The van der Waals surface area contributed by atoms with Crippen molar-refractivity contribution in [2.45, 2.75) is 32.0 Å². The molecule has 168 valence electrons. The fourth-order valence-corrected chi connectivity index (χ4v) is 3.47. The van der Waals surface area contributed by atoms with Gasteiger partial charge in [-0.1, -0.05) is 0 Å². The molecule has 1 aromatic heterocycles. The van der Waals surface area contributed by atoms with Crippen LogP contribution in [0, 0.1) is 0 Å². The molecule has 0 unspecified atom stereocenters. The number of hydrogen-bond acceptors (Lipinski definition) is 4. The molecule has 1 atom stereocenters. The Kier molecular flexibility index (Phi) is 6.71. The zero-order valence-electron chi connectivity index (χ0n) is 17.2. The number of anilines is 2. The van der Waals surface area contributed by atoms with Gasteiger partial charge in [0.2, 0.25) is 0 Å². The van der Waals surface area contributed by atoms with E-state index in [1.165, 1.54) is 9.80 Å². The van der Waals surface area contributed by atoms with Gasteiger partial charge in [-0.25, -0.2) is 9.59 Å². The van der Waals surface area contributed by atoms with Gasteiger partial charge in [0, 0.05) is 37.7 Å². The van der Waals surface area contributed by atoms with Crippen LogP contribution in [0.5, 0.6) is 0 Å². The van der Waals surface area contributed by atoms with Crippen molar-refractivity contribution >= 4 is 23.5 Å². The summed E-state index contributed by atoms with van der Waals surface area (Å²) < 4.78 is 45.4. The lowest BCUT2D eigenvalue weighted by Gasteiger charge is -2.33.